The molecule has 3 aromatic rings. The van der Waals surface area contributed by atoms with Gasteiger partial charge in [0.15, 0.2) is 0 Å². The van der Waals surface area contributed by atoms with Gasteiger partial charge in [-0.1, -0.05) is 17.3 Å². The summed E-state index contributed by atoms with van der Waals surface area (Å²) in [7, 11) is 1.84. The Kier molecular flexibility index (Phi) is 5.95. The van der Waals surface area contributed by atoms with Crippen molar-refractivity contribution in [2.45, 2.75) is 32.6 Å². The molecule has 0 aliphatic carbocycles. The minimum absolute atomic E-state index is 0.0121. The van der Waals surface area contributed by atoms with Crippen molar-refractivity contribution >= 4 is 17.7 Å². The second-order valence-electron chi connectivity index (χ2n) is 6.41. The molecular weight excluding hydrogens is 362 g/mol. The first-order valence-electron chi connectivity index (χ1n) is 8.67. The molecule has 0 aliphatic heterocycles. The van der Waals surface area contributed by atoms with Crippen LogP contribution in [0.2, 0.25) is 0 Å². The van der Waals surface area contributed by atoms with Gasteiger partial charge >= 0.3 is 0 Å². The highest BCUT2D eigenvalue weighted by Gasteiger charge is 2.18. The van der Waals surface area contributed by atoms with Gasteiger partial charge < -0.3 is 9.42 Å². The average molecular weight is 385 g/mol. The fraction of sp³-hybridized carbons (Fsp3) is 0.368. The molecule has 0 fully saturated rings. The summed E-state index contributed by atoms with van der Waals surface area (Å²) in [6.45, 7) is 5.85. The van der Waals surface area contributed by atoms with Crippen LogP contribution in [0, 0.1) is 13.8 Å². The lowest BCUT2D eigenvalue weighted by atomic mass is 10.1. The molecule has 3 rings (SSSR count). The Bertz CT molecular complexity index is 870. The third-order valence-electron chi connectivity index (χ3n) is 4.69. The van der Waals surface area contributed by atoms with Crippen LogP contribution in [0.15, 0.2) is 41.4 Å². The van der Waals surface area contributed by atoms with E-state index in [1.807, 2.05) is 52.1 Å². The highest BCUT2D eigenvalue weighted by Crippen LogP contribution is 2.23. The van der Waals surface area contributed by atoms with Gasteiger partial charge in [-0.15, -0.1) is 11.8 Å². The summed E-state index contributed by atoms with van der Waals surface area (Å²) in [5.74, 6) is 2.06. The minimum atomic E-state index is -0.0121. The largest absolute Gasteiger partial charge is 0.361 e. The fourth-order valence-corrected chi connectivity index (χ4v) is 3.83. The van der Waals surface area contributed by atoms with E-state index in [0.29, 0.717) is 5.75 Å². The summed E-state index contributed by atoms with van der Waals surface area (Å²) >= 11 is 1.58. The Hall–Kier alpha value is -2.61. The van der Waals surface area contributed by atoms with E-state index < -0.39 is 0 Å². The molecule has 27 heavy (non-hydrogen) atoms. The van der Waals surface area contributed by atoms with Crippen LogP contribution in [0.5, 0.6) is 0 Å². The Morgan fingerprint density at radius 3 is 2.63 bits per heavy atom. The predicted octanol–water partition coefficient (Wildman–Crippen LogP) is 3.32. The summed E-state index contributed by atoms with van der Waals surface area (Å²) in [4.78, 5) is 18.3. The maximum atomic E-state index is 12.6. The molecule has 2 heterocycles. The van der Waals surface area contributed by atoms with Gasteiger partial charge in [0, 0.05) is 18.4 Å². The molecule has 8 heteroatoms. The van der Waals surface area contributed by atoms with Gasteiger partial charge in [-0.05, 0) is 38.5 Å². The van der Waals surface area contributed by atoms with E-state index in [1.54, 1.807) is 27.7 Å². The Labute approximate surface area is 162 Å². The van der Waals surface area contributed by atoms with E-state index >= 15 is 0 Å². The summed E-state index contributed by atoms with van der Waals surface area (Å²) in [5, 5.41) is 8.07. The summed E-state index contributed by atoms with van der Waals surface area (Å²) < 4.78 is 6.87. The first-order chi connectivity index (χ1) is 13.0. The number of rotatable bonds is 7. The molecule has 1 atom stereocenters. The topological polar surface area (TPSA) is 77.0 Å². The maximum Gasteiger partial charge on any atom is 0.232 e. The zero-order valence-corrected chi connectivity index (χ0v) is 16.7. The van der Waals surface area contributed by atoms with E-state index in [4.69, 9.17) is 4.52 Å². The van der Waals surface area contributed by atoms with Crippen LogP contribution in [0.4, 0.5) is 0 Å². The third kappa shape index (κ3) is 4.39. The monoisotopic (exact) mass is 385 g/mol. The van der Waals surface area contributed by atoms with E-state index in [2.05, 4.69) is 15.2 Å². The SMILES string of the molecule is Cc1noc(C)c1CSCC(=O)N(C)C(C)c1ccc(-n2cncn2)cc1. The van der Waals surface area contributed by atoms with Crippen molar-refractivity contribution in [1.29, 1.82) is 0 Å². The number of aryl methyl sites for hydroxylation is 2. The molecule has 7 nitrogen and oxygen atoms in total. The smallest absolute Gasteiger partial charge is 0.232 e. The number of hydrogen-bond donors (Lipinski definition) is 0. The van der Waals surface area contributed by atoms with Gasteiger partial charge in [-0.2, -0.15) is 5.10 Å². The Morgan fingerprint density at radius 1 is 1.30 bits per heavy atom. The van der Waals surface area contributed by atoms with Crippen LogP contribution in [0.3, 0.4) is 0 Å². The highest BCUT2D eigenvalue weighted by atomic mass is 32.2. The lowest BCUT2D eigenvalue weighted by Crippen LogP contribution is -2.31. The van der Waals surface area contributed by atoms with Crippen LogP contribution in [0.25, 0.3) is 5.69 Å². The van der Waals surface area contributed by atoms with Gasteiger partial charge in [-0.3, -0.25) is 4.79 Å². The van der Waals surface area contributed by atoms with Gasteiger partial charge in [0.2, 0.25) is 5.91 Å². The standard InChI is InChI=1S/C19H23N5O2S/c1-13-18(15(3)26-22-13)9-27-10-19(25)23(4)14(2)16-5-7-17(8-6-16)24-12-20-11-21-24/h5-8,11-12,14H,9-10H2,1-4H3. The van der Waals surface area contributed by atoms with Gasteiger partial charge in [-0.25, -0.2) is 9.67 Å². The van der Waals surface area contributed by atoms with E-state index in [0.717, 1.165) is 34.0 Å². The lowest BCUT2D eigenvalue weighted by molar-refractivity contribution is -0.128. The lowest BCUT2D eigenvalue weighted by Gasteiger charge is -2.25. The van der Waals surface area contributed by atoms with Crippen molar-refractivity contribution in [3.63, 3.8) is 0 Å². The number of carbonyl (C=O) groups is 1. The number of hydrogen-bond acceptors (Lipinski definition) is 6. The van der Waals surface area contributed by atoms with Crippen molar-refractivity contribution in [1.82, 2.24) is 24.8 Å². The molecule has 1 aromatic carbocycles. The van der Waals surface area contributed by atoms with Gasteiger partial charge in [0.1, 0.15) is 18.4 Å². The molecule has 0 saturated heterocycles. The predicted molar refractivity (Wildman–Crippen MR) is 105 cm³/mol. The zero-order chi connectivity index (χ0) is 19.4. The summed E-state index contributed by atoms with van der Waals surface area (Å²) in [6, 6.07) is 7.98. The third-order valence-corrected chi connectivity index (χ3v) is 5.63. The van der Waals surface area contributed by atoms with Crippen molar-refractivity contribution in [3.8, 4) is 5.69 Å². The number of thioether (sulfide) groups is 1. The van der Waals surface area contributed by atoms with E-state index in [1.165, 1.54) is 6.33 Å². The molecule has 0 bridgehead atoms. The van der Waals surface area contributed by atoms with Gasteiger partial charge in [0.05, 0.1) is 23.2 Å². The molecular formula is C19H23N5O2S. The minimum Gasteiger partial charge on any atom is -0.361 e. The summed E-state index contributed by atoms with van der Waals surface area (Å²) in [5.41, 5.74) is 3.98. The van der Waals surface area contributed by atoms with Crippen LogP contribution in [-0.4, -0.2) is 43.5 Å². The Morgan fingerprint density at radius 2 is 2.04 bits per heavy atom. The van der Waals surface area contributed by atoms with Crippen LogP contribution in [0.1, 0.15) is 35.5 Å². The van der Waals surface area contributed by atoms with Gasteiger partial charge in [0.25, 0.3) is 0 Å². The molecule has 142 valence electrons. The molecule has 1 amide bonds. The molecule has 0 spiro atoms. The van der Waals surface area contributed by atoms with Crippen LogP contribution in [-0.2, 0) is 10.5 Å². The number of nitrogens with zero attached hydrogens (tertiary/aromatic N) is 5. The second-order valence-corrected chi connectivity index (χ2v) is 7.39. The van der Waals surface area contributed by atoms with Crippen molar-refractivity contribution in [3.05, 3.63) is 59.5 Å². The number of aromatic nitrogens is 4. The highest BCUT2D eigenvalue weighted by molar-refractivity contribution is 7.99. The van der Waals surface area contributed by atoms with Crippen molar-refractivity contribution in [2.24, 2.45) is 0 Å². The first-order valence-corrected chi connectivity index (χ1v) is 9.83. The zero-order valence-electron chi connectivity index (χ0n) is 15.9. The van der Waals surface area contributed by atoms with Crippen molar-refractivity contribution in [2.75, 3.05) is 12.8 Å². The number of carbonyl (C=O) groups excluding carboxylic acids is 1. The number of amides is 1. The van der Waals surface area contributed by atoms with E-state index in [9.17, 15) is 4.79 Å². The second kappa shape index (κ2) is 8.39. The summed E-state index contributed by atoms with van der Waals surface area (Å²) in [6.07, 6.45) is 3.16. The molecule has 0 N–H and O–H groups in total. The van der Waals surface area contributed by atoms with Crippen molar-refractivity contribution < 1.29 is 9.32 Å². The van der Waals surface area contributed by atoms with Crippen LogP contribution < -0.4 is 0 Å². The first kappa shape index (κ1) is 19.2. The van der Waals surface area contributed by atoms with Crippen LogP contribution >= 0.6 is 11.8 Å². The molecule has 0 radical (unpaired) electrons. The quantitative estimate of drug-likeness (QED) is 0.621. The Balaban J connectivity index is 1.56. The number of benzene rings is 1. The normalized spacial score (nSPS) is 12.1. The maximum absolute atomic E-state index is 12.6. The average Bonchev–Trinajstić information content (AvgIpc) is 3.32. The molecule has 2 aromatic heterocycles. The molecule has 1 unspecified atom stereocenters. The van der Waals surface area contributed by atoms with E-state index in [-0.39, 0.29) is 11.9 Å². The fourth-order valence-electron chi connectivity index (χ4n) is 2.74. The molecule has 0 aliphatic rings. The molecule has 0 saturated carbocycles.